The number of carbonyl (C=O) groups is 1. The van der Waals surface area contributed by atoms with E-state index in [0.717, 1.165) is 24.1 Å². The van der Waals surface area contributed by atoms with Gasteiger partial charge in [0.2, 0.25) is 0 Å². The van der Waals surface area contributed by atoms with E-state index >= 15 is 0 Å². The SMILES string of the molecule is CNC(=O)c1cccc2c1N=CCC2. The van der Waals surface area contributed by atoms with Crippen molar-refractivity contribution in [2.75, 3.05) is 7.05 Å². The van der Waals surface area contributed by atoms with Crippen molar-refractivity contribution in [3.63, 3.8) is 0 Å². The van der Waals surface area contributed by atoms with Gasteiger partial charge in [-0.25, -0.2) is 0 Å². The van der Waals surface area contributed by atoms with Crippen LogP contribution in [0.2, 0.25) is 0 Å². The third kappa shape index (κ3) is 1.41. The number of fused-ring (bicyclic) bond motifs is 1. The average molecular weight is 188 g/mol. The van der Waals surface area contributed by atoms with Crippen LogP contribution in [0.5, 0.6) is 0 Å². The van der Waals surface area contributed by atoms with E-state index in [1.807, 2.05) is 18.3 Å². The van der Waals surface area contributed by atoms with Gasteiger partial charge in [-0.1, -0.05) is 12.1 Å². The summed E-state index contributed by atoms with van der Waals surface area (Å²) in [6, 6.07) is 5.74. The van der Waals surface area contributed by atoms with E-state index in [4.69, 9.17) is 0 Å². The number of para-hydroxylation sites is 1. The molecule has 0 saturated carbocycles. The second kappa shape index (κ2) is 3.62. The van der Waals surface area contributed by atoms with Crippen LogP contribution < -0.4 is 5.32 Å². The molecule has 1 aromatic carbocycles. The lowest BCUT2D eigenvalue weighted by atomic mass is 10.0. The number of nitrogens with zero attached hydrogens (tertiary/aromatic N) is 1. The second-order valence-electron chi connectivity index (χ2n) is 3.24. The van der Waals surface area contributed by atoms with E-state index in [0.29, 0.717) is 5.56 Å². The molecule has 0 saturated heterocycles. The summed E-state index contributed by atoms with van der Waals surface area (Å²) in [4.78, 5) is 15.8. The number of amides is 1. The van der Waals surface area contributed by atoms with Gasteiger partial charge in [0.15, 0.2) is 0 Å². The van der Waals surface area contributed by atoms with Crippen molar-refractivity contribution in [3.8, 4) is 0 Å². The van der Waals surface area contributed by atoms with Crippen LogP contribution in [0, 0.1) is 0 Å². The minimum atomic E-state index is -0.0686. The Balaban J connectivity index is 2.52. The topological polar surface area (TPSA) is 41.5 Å². The maximum absolute atomic E-state index is 11.5. The highest BCUT2D eigenvalue weighted by atomic mass is 16.1. The van der Waals surface area contributed by atoms with Gasteiger partial charge in [-0.2, -0.15) is 0 Å². The molecule has 1 aromatic rings. The molecule has 0 aliphatic carbocycles. The standard InChI is InChI=1S/C11H12N2O/c1-12-11(14)9-6-2-4-8-5-3-7-13-10(8)9/h2,4,6-7H,3,5H2,1H3,(H,12,14). The number of aliphatic imine (C=N–C) groups is 1. The van der Waals surface area contributed by atoms with Crippen molar-refractivity contribution < 1.29 is 4.79 Å². The molecular weight excluding hydrogens is 176 g/mol. The predicted octanol–water partition coefficient (Wildman–Crippen LogP) is 1.69. The Morgan fingerprint density at radius 1 is 1.50 bits per heavy atom. The second-order valence-corrected chi connectivity index (χ2v) is 3.24. The molecule has 0 bridgehead atoms. The fourth-order valence-corrected chi connectivity index (χ4v) is 1.64. The predicted molar refractivity (Wildman–Crippen MR) is 56.3 cm³/mol. The van der Waals surface area contributed by atoms with Gasteiger partial charge in [0.05, 0.1) is 11.3 Å². The molecule has 1 N–H and O–H groups in total. The summed E-state index contributed by atoms with van der Waals surface area (Å²) >= 11 is 0. The molecule has 1 aliphatic heterocycles. The summed E-state index contributed by atoms with van der Waals surface area (Å²) in [6.45, 7) is 0. The molecule has 0 radical (unpaired) electrons. The molecule has 0 spiro atoms. The van der Waals surface area contributed by atoms with Crippen LogP contribution in [-0.2, 0) is 6.42 Å². The first kappa shape index (κ1) is 8.94. The highest BCUT2D eigenvalue weighted by molar-refractivity contribution is 6.00. The van der Waals surface area contributed by atoms with Crippen LogP contribution in [0.1, 0.15) is 22.3 Å². The fraction of sp³-hybridized carbons (Fsp3) is 0.273. The molecule has 1 heterocycles. The van der Waals surface area contributed by atoms with E-state index < -0.39 is 0 Å². The molecule has 14 heavy (non-hydrogen) atoms. The van der Waals surface area contributed by atoms with E-state index in [9.17, 15) is 4.79 Å². The van der Waals surface area contributed by atoms with Crippen molar-refractivity contribution in [1.82, 2.24) is 5.32 Å². The minimum Gasteiger partial charge on any atom is -0.355 e. The summed E-state index contributed by atoms with van der Waals surface area (Å²) < 4.78 is 0. The Labute approximate surface area is 82.9 Å². The van der Waals surface area contributed by atoms with E-state index in [-0.39, 0.29) is 5.91 Å². The number of hydrogen-bond acceptors (Lipinski definition) is 2. The first-order valence-electron chi connectivity index (χ1n) is 4.69. The minimum absolute atomic E-state index is 0.0686. The quantitative estimate of drug-likeness (QED) is 0.716. The van der Waals surface area contributed by atoms with Crippen LogP contribution in [0.3, 0.4) is 0 Å². The van der Waals surface area contributed by atoms with Crippen molar-refractivity contribution >= 4 is 17.8 Å². The van der Waals surface area contributed by atoms with E-state index in [2.05, 4.69) is 10.3 Å². The normalized spacial score (nSPS) is 13.5. The highest BCUT2D eigenvalue weighted by Crippen LogP contribution is 2.27. The molecule has 2 rings (SSSR count). The molecular formula is C11H12N2O. The Morgan fingerprint density at radius 3 is 3.14 bits per heavy atom. The van der Waals surface area contributed by atoms with Crippen molar-refractivity contribution in [2.24, 2.45) is 4.99 Å². The Kier molecular flexibility index (Phi) is 2.31. The van der Waals surface area contributed by atoms with E-state index in [1.54, 1.807) is 13.1 Å². The lowest BCUT2D eigenvalue weighted by molar-refractivity contribution is 0.0963. The van der Waals surface area contributed by atoms with Gasteiger partial charge in [0, 0.05) is 13.3 Å². The Bertz CT molecular complexity index is 396. The molecule has 0 unspecified atom stereocenters. The third-order valence-corrected chi connectivity index (χ3v) is 2.35. The van der Waals surface area contributed by atoms with Crippen LogP contribution in [0.15, 0.2) is 23.2 Å². The Hall–Kier alpha value is -1.64. The fourth-order valence-electron chi connectivity index (χ4n) is 1.64. The summed E-state index contributed by atoms with van der Waals surface area (Å²) in [5.74, 6) is -0.0686. The Morgan fingerprint density at radius 2 is 2.36 bits per heavy atom. The van der Waals surface area contributed by atoms with Crippen LogP contribution in [0.25, 0.3) is 0 Å². The molecule has 3 heteroatoms. The summed E-state index contributed by atoms with van der Waals surface area (Å²) in [7, 11) is 1.63. The molecule has 1 amide bonds. The zero-order valence-corrected chi connectivity index (χ0v) is 8.08. The van der Waals surface area contributed by atoms with Crippen LogP contribution >= 0.6 is 0 Å². The molecule has 3 nitrogen and oxygen atoms in total. The van der Waals surface area contributed by atoms with Gasteiger partial charge >= 0.3 is 0 Å². The molecule has 0 atom stereocenters. The smallest absolute Gasteiger partial charge is 0.253 e. The van der Waals surface area contributed by atoms with Crippen molar-refractivity contribution in [2.45, 2.75) is 12.8 Å². The first-order valence-corrected chi connectivity index (χ1v) is 4.69. The van der Waals surface area contributed by atoms with Gasteiger partial charge in [0.1, 0.15) is 0 Å². The maximum atomic E-state index is 11.5. The number of carbonyl (C=O) groups excluding carboxylic acids is 1. The first-order chi connectivity index (χ1) is 6.83. The summed E-state index contributed by atoms with van der Waals surface area (Å²) in [5.41, 5.74) is 2.66. The lowest BCUT2D eigenvalue weighted by Crippen LogP contribution is -2.18. The van der Waals surface area contributed by atoms with Crippen molar-refractivity contribution in [1.29, 1.82) is 0 Å². The number of rotatable bonds is 1. The lowest BCUT2D eigenvalue weighted by Gasteiger charge is -2.12. The van der Waals surface area contributed by atoms with Gasteiger partial charge in [-0.3, -0.25) is 9.79 Å². The molecule has 0 fully saturated rings. The third-order valence-electron chi connectivity index (χ3n) is 2.35. The highest BCUT2D eigenvalue weighted by Gasteiger charge is 2.14. The number of nitrogens with one attached hydrogen (secondary N) is 1. The van der Waals surface area contributed by atoms with Gasteiger partial charge in [0.25, 0.3) is 5.91 Å². The molecule has 0 aromatic heterocycles. The summed E-state index contributed by atoms with van der Waals surface area (Å²) in [5, 5.41) is 2.62. The van der Waals surface area contributed by atoms with Gasteiger partial charge in [-0.05, 0) is 24.5 Å². The van der Waals surface area contributed by atoms with Gasteiger partial charge in [-0.15, -0.1) is 0 Å². The van der Waals surface area contributed by atoms with Crippen molar-refractivity contribution in [3.05, 3.63) is 29.3 Å². The van der Waals surface area contributed by atoms with E-state index in [1.165, 1.54) is 0 Å². The number of hydrogen-bond donors (Lipinski definition) is 1. The van der Waals surface area contributed by atoms with Crippen LogP contribution in [0.4, 0.5) is 5.69 Å². The molecule has 72 valence electrons. The average Bonchev–Trinajstić information content (AvgIpc) is 2.27. The zero-order valence-electron chi connectivity index (χ0n) is 8.08. The number of aryl methyl sites for hydroxylation is 1. The maximum Gasteiger partial charge on any atom is 0.253 e. The van der Waals surface area contributed by atoms with Gasteiger partial charge < -0.3 is 5.32 Å². The number of benzene rings is 1. The monoisotopic (exact) mass is 188 g/mol. The molecule has 1 aliphatic rings. The zero-order chi connectivity index (χ0) is 9.97. The van der Waals surface area contributed by atoms with Crippen LogP contribution in [-0.4, -0.2) is 19.2 Å². The largest absolute Gasteiger partial charge is 0.355 e. The summed E-state index contributed by atoms with van der Waals surface area (Å²) in [6.07, 6.45) is 3.81.